The van der Waals surface area contributed by atoms with Gasteiger partial charge in [-0.1, -0.05) is 57.7 Å². The Morgan fingerprint density at radius 1 is 1.29 bits per heavy atom. The van der Waals surface area contributed by atoms with Gasteiger partial charge in [-0.15, -0.1) is 0 Å². The molecule has 0 saturated heterocycles. The van der Waals surface area contributed by atoms with Crippen LogP contribution in [0.5, 0.6) is 0 Å². The SMILES string of the molecule is CC1CCCC(C(N)c2ccc(Br)cc2Br)C1. The van der Waals surface area contributed by atoms with Crippen LogP contribution in [0, 0.1) is 11.8 Å². The molecular formula is C14H19Br2N. The Hall–Kier alpha value is 0.140. The van der Waals surface area contributed by atoms with Crippen molar-refractivity contribution in [3.05, 3.63) is 32.7 Å². The van der Waals surface area contributed by atoms with Crippen molar-refractivity contribution < 1.29 is 0 Å². The molecule has 1 aliphatic rings. The van der Waals surface area contributed by atoms with E-state index in [0.717, 1.165) is 14.9 Å². The molecule has 0 aromatic heterocycles. The summed E-state index contributed by atoms with van der Waals surface area (Å²) in [5.41, 5.74) is 7.68. The van der Waals surface area contributed by atoms with Crippen molar-refractivity contribution in [3.63, 3.8) is 0 Å². The van der Waals surface area contributed by atoms with Gasteiger partial charge >= 0.3 is 0 Å². The van der Waals surface area contributed by atoms with Crippen LogP contribution in [-0.4, -0.2) is 0 Å². The van der Waals surface area contributed by atoms with Crippen LogP contribution in [0.3, 0.4) is 0 Å². The number of hydrogen-bond acceptors (Lipinski definition) is 1. The molecule has 0 amide bonds. The van der Waals surface area contributed by atoms with Crippen LogP contribution in [0.15, 0.2) is 27.1 Å². The van der Waals surface area contributed by atoms with Gasteiger partial charge in [0.2, 0.25) is 0 Å². The molecule has 1 aliphatic carbocycles. The molecule has 17 heavy (non-hydrogen) atoms. The Labute approximate surface area is 120 Å². The summed E-state index contributed by atoms with van der Waals surface area (Å²) in [6.07, 6.45) is 5.23. The molecule has 0 spiro atoms. The largest absolute Gasteiger partial charge is 0.324 e. The standard InChI is InChI=1S/C14H19Br2N/c1-9-3-2-4-10(7-9)14(17)12-6-5-11(15)8-13(12)16/h5-6,8-10,14H,2-4,7,17H2,1H3. The Morgan fingerprint density at radius 3 is 2.71 bits per heavy atom. The minimum Gasteiger partial charge on any atom is -0.324 e. The minimum absolute atomic E-state index is 0.167. The Kier molecular flexibility index (Phi) is 4.67. The third kappa shape index (κ3) is 3.33. The predicted molar refractivity (Wildman–Crippen MR) is 79.9 cm³/mol. The zero-order valence-corrected chi connectivity index (χ0v) is 13.3. The molecule has 94 valence electrons. The first-order valence-corrected chi connectivity index (χ1v) is 7.87. The topological polar surface area (TPSA) is 26.0 Å². The van der Waals surface area contributed by atoms with Crippen molar-refractivity contribution in [3.8, 4) is 0 Å². The fraction of sp³-hybridized carbons (Fsp3) is 0.571. The van der Waals surface area contributed by atoms with Gasteiger partial charge in [0.25, 0.3) is 0 Å². The lowest BCUT2D eigenvalue weighted by molar-refractivity contribution is 0.247. The maximum absolute atomic E-state index is 6.44. The number of rotatable bonds is 2. The highest BCUT2D eigenvalue weighted by Gasteiger charge is 2.26. The summed E-state index contributed by atoms with van der Waals surface area (Å²) in [6.45, 7) is 2.34. The zero-order chi connectivity index (χ0) is 12.4. The first-order chi connectivity index (χ1) is 8.08. The van der Waals surface area contributed by atoms with Gasteiger partial charge in [-0.3, -0.25) is 0 Å². The second kappa shape index (κ2) is 5.85. The van der Waals surface area contributed by atoms with E-state index in [9.17, 15) is 0 Å². The molecule has 3 unspecified atom stereocenters. The van der Waals surface area contributed by atoms with Crippen LogP contribution in [0.25, 0.3) is 0 Å². The predicted octanol–water partition coefficient (Wildman–Crippen LogP) is 5.04. The van der Waals surface area contributed by atoms with Crippen molar-refractivity contribution in [1.82, 2.24) is 0 Å². The number of hydrogen-bond donors (Lipinski definition) is 1. The summed E-state index contributed by atoms with van der Waals surface area (Å²) in [5.74, 6) is 1.46. The van der Waals surface area contributed by atoms with Gasteiger partial charge < -0.3 is 5.73 Å². The maximum Gasteiger partial charge on any atom is 0.0334 e. The molecule has 1 nitrogen and oxygen atoms in total. The van der Waals surface area contributed by atoms with E-state index in [0.29, 0.717) is 5.92 Å². The molecule has 0 aliphatic heterocycles. The van der Waals surface area contributed by atoms with E-state index in [1.807, 2.05) is 0 Å². The number of nitrogens with two attached hydrogens (primary N) is 1. The van der Waals surface area contributed by atoms with E-state index in [2.05, 4.69) is 57.0 Å². The molecule has 3 atom stereocenters. The van der Waals surface area contributed by atoms with E-state index in [1.165, 1.54) is 31.2 Å². The van der Waals surface area contributed by atoms with Gasteiger partial charge in [0, 0.05) is 15.0 Å². The zero-order valence-electron chi connectivity index (χ0n) is 10.1. The van der Waals surface area contributed by atoms with Crippen LogP contribution in [0.2, 0.25) is 0 Å². The third-order valence-electron chi connectivity index (χ3n) is 3.81. The summed E-state index contributed by atoms with van der Waals surface area (Å²) in [4.78, 5) is 0. The van der Waals surface area contributed by atoms with Gasteiger partial charge in [0.05, 0.1) is 0 Å². The lowest BCUT2D eigenvalue weighted by atomic mass is 9.77. The van der Waals surface area contributed by atoms with E-state index in [4.69, 9.17) is 5.73 Å². The van der Waals surface area contributed by atoms with Crippen molar-refractivity contribution in [1.29, 1.82) is 0 Å². The quantitative estimate of drug-likeness (QED) is 0.785. The van der Waals surface area contributed by atoms with Crippen LogP contribution in [0.4, 0.5) is 0 Å². The average molecular weight is 361 g/mol. The summed E-state index contributed by atoms with van der Waals surface area (Å²) in [7, 11) is 0. The molecule has 3 heteroatoms. The second-order valence-electron chi connectivity index (χ2n) is 5.22. The molecule has 2 rings (SSSR count). The van der Waals surface area contributed by atoms with Gasteiger partial charge in [0.15, 0.2) is 0 Å². The first-order valence-electron chi connectivity index (χ1n) is 6.28. The fourth-order valence-electron chi connectivity index (χ4n) is 2.83. The van der Waals surface area contributed by atoms with E-state index in [1.54, 1.807) is 0 Å². The average Bonchev–Trinajstić information content (AvgIpc) is 2.28. The van der Waals surface area contributed by atoms with Crippen LogP contribution in [-0.2, 0) is 0 Å². The smallest absolute Gasteiger partial charge is 0.0334 e. The van der Waals surface area contributed by atoms with Crippen LogP contribution < -0.4 is 5.73 Å². The highest BCUT2D eigenvalue weighted by atomic mass is 79.9. The summed E-state index contributed by atoms with van der Waals surface area (Å²) in [5, 5.41) is 0. The molecule has 1 aromatic rings. The van der Waals surface area contributed by atoms with Crippen molar-refractivity contribution in [2.45, 2.75) is 38.6 Å². The van der Waals surface area contributed by atoms with E-state index in [-0.39, 0.29) is 6.04 Å². The monoisotopic (exact) mass is 359 g/mol. The molecule has 0 heterocycles. The van der Waals surface area contributed by atoms with Crippen LogP contribution >= 0.6 is 31.9 Å². The Bertz CT molecular complexity index is 392. The highest BCUT2D eigenvalue weighted by Crippen LogP contribution is 2.38. The van der Waals surface area contributed by atoms with Crippen molar-refractivity contribution in [2.75, 3.05) is 0 Å². The van der Waals surface area contributed by atoms with Gasteiger partial charge in [-0.05, 0) is 42.4 Å². The fourth-order valence-corrected chi connectivity index (χ4v) is 4.14. The lowest BCUT2D eigenvalue weighted by Crippen LogP contribution is -2.26. The number of halogens is 2. The van der Waals surface area contributed by atoms with Crippen molar-refractivity contribution in [2.24, 2.45) is 17.6 Å². The molecule has 0 radical (unpaired) electrons. The molecule has 1 aromatic carbocycles. The van der Waals surface area contributed by atoms with Gasteiger partial charge in [0.1, 0.15) is 0 Å². The molecule has 1 fully saturated rings. The molecular weight excluding hydrogens is 342 g/mol. The lowest BCUT2D eigenvalue weighted by Gasteiger charge is -2.31. The normalized spacial score (nSPS) is 26.8. The van der Waals surface area contributed by atoms with Crippen molar-refractivity contribution >= 4 is 31.9 Å². The van der Waals surface area contributed by atoms with E-state index >= 15 is 0 Å². The van der Waals surface area contributed by atoms with Gasteiger partial charge in [-0.2, -0.15) is 0 Å². The summed E-state index contributed by atoms with van der Waals surface area (Å²) >= 11 is 7.10. The summed E-state index contributed by atoms with van der Waals surface area (Å²) in [6, 6.07) is 6.46. The Balaban J connectivity index is 2.15. The molecule has 0 bridgehead atoms. The Morgan fingerprint density at radius 2 is 2.06 bits per heavy atom. The highest BCUT2D eigenvalue weighted by molar-refractivity contribution is 9.11. The van der Waals surface area contributed by atoms with Gasteiger partial charge in [-0.25, -0.2) is 0 Å². The van der Waals surface area contributed by atoms with Crippen LogP contribution in [0.1, 0.15) is 44.2 Å². The molecule has 2 N–H and O–H groups in total. The summed E-state index contributed by atoms with van der Waals surface area (Å²) < 4.78 is 2.22. The third-order valence-corrected chi connectivity index (χ3v) is 4.99. The first kappa shape index (κ1) is 13.6. The van der Waals surface area contributed by atoms with E-state index < -0.39 is 0 Å². The maximum atomic E-state index is 6.44. The number of benzene rings is 1. The second-order valence-corrected chi connectivity index (χ2v) is 6.99. The molecule has 1 saturated carbocycles. The minimum atomic E-state index is 0.167.